The maximum absolute atomic E-state index is 14.5. The fourth-order valence-corrected chi connectivity index (χ4v) is 9.62. The fraction of sp³-hybridized carbons (Fsp3) is 0.452. The van der Waals surface area contributed by atoms with Crippen molar-refractivity contribution < 1.29 is 23.1 Å². The molecule has 3 heterocycles. The van der Waals surface area contributed by atoms with Crippen molar-refractivity contribution in [1.82, 2.24) is 13.8 Å². The Balaban J connectivity index is 1.51. The average Bonchev–Trinajstić information content (AvgIpc) is 3.64. The highest BCUT2D eigenvalue weighted by atomic mass is 32.2. The zero-order valence-electron chi connectivity index (χ0n) is 23.0. The van der Waals surface area contributed by atoms with E-state index in [0.717, 1.165) is 53.4 Å². The van der Waals surface area contributed by atoms with Crippen LogP contribution in [0, 0.1) is 0 Å². The Kier molecular flexibility index (Phi) is 5.75. The molecule has 8 nitrogen and oxygen atoms in total. The number of benzene rings is 2. The zero-order chi connectivity index (χ0) is 27.8. The van der Waals surface area contributed by atoms with Crippen LogP contribution in [0.2, 0.25) is 0 Å². The largest absolute Gasteiger partial charge is 0.497 e. The molecule has 2 saturated carbocycles. The summed E-state index contributed by atoms with van der Waals surface area (Å²) in [6.45, 7) is 1.33. The lowest BCUT2D eigenvalue weighted by Gasteiger charge is -2.32. The van der Waals surface area contributed by atoms with Gasteiger partial charge in [0.1, 0.15) is 10.5 Å². The Morgan fingerprint density at radius 2 is 1.85 bits per heavy atom. The highest BCUT2D eigenvalue weighted by Gasteiger charge is 2.67. The van der Waals surface area contributed by atoms with E-state index >= 15 is 0 Å². The molecule has 2 aliphatic carbocycles. The lowest BCUT2D eigenvalue weighted by atomic mass is 9.81. The van der Waals surface area contributed by atoms with Crippen molar-refractivity contribution in [3.63, 3.8) is 0 Å². The van der Waals surface area contributed by atoms with Crippen molar-refractivity contribution in [3.05, 3.63) is 65.5 Å². The maximum Gasteiger partial charge on any atom is 0.335 e. The Labute approximate surface area is 234 Å². The van der Waals surface area contributed by atoms with Crippen LogP contribution < -0.4 is 4.74 Å². The number of methoxy groups -OCH3 is 1. The van der Waals surface area contributed by atoms with E-state index < -0.39 is 20.7 Å². The van der Waals surface area contributed by atoms with Crippen molar-refractivity contribution in [2.45, 2.75) is 61.7 Å². The molecular weight excluding hydrogens is 526 g/mol. The molecular formula is C31H35N3O5S. The summed E-state index contributed by atoms with van der Waals surface area (Å²) in [5.41, 5.74) is 5.38. The van der Waals surface area contributed by atoms with Gasteiger partial charge in [0.2, 0.25) is 10.0 Å². The minimum Gasteiger partial charge on any atom is -0.497 e. The van der Waals surface area contributed by atoms with E-state index in [2.05, 4.69) is 10.6 Å². The highest BCUT2D eigenvalue weighted by Crippen LogP contribution is 2.64. The molecule has 2 unspecified atom stereocenters. The van der Waals surface area contributed by atoms with Gasteiger partial charge < -0.3 is 19.3 Å². The normalized spacial score (nSPS) is 24.3. The van der Waals surface area contributed by atoms with E-state index in [0.29, 0.717) is 37.7 Å². The van der Waals surface area contributed by atoms with Crippen LogP contribution in [0.25, 0.3) is 22.2 Å². The van der Waals surface area contributed by atoms with Crippen molar-refractivity contribution >= 4 is 26.9 Å². The van der Waals surface area contributed by atoms with Crippen LogP contribution in [-0.4, -0.2) is 65.3 Å². The molecule has 210 valence electrons. The summed E-state index contributed by atoms with van der Waals surface area (Å²) >= 11 is 0. The monoisotopic (exact) mass is 561 g/mol. The Morgan fingerprint density at radius 3 is 2.55 bits per heavy atom. The summed E-state index contributed by atoms with van der Waals surface area (Å²) < 4.78 is 37.2. The van der Waals surface area contributed by atoms with Gasteiger partial charge in [-0.05, 0) is 66.6 Å². The van der Waals surface area contributed by atoms with Gasteiger partial charge in [-0.1, -0.05) is 25.3 Å². The summed E-state index contributed by atoms with van der Waals surface area (Å²) in [4.78, 5) is 14.0. The number of aromatic carboxylic acids is 1. The van der Waals surface area contributed by atoms with Crippen LogP contribution in [0.4, 0.5) is 0 Å². The number of nitrogens with zero attached hydrogens (tertiary/aromatic N) is 3. The number of fused-ring (bicyclic) bond motifs is 7. The number of carboxylic acid groups (broad SMARTS) is 1. The number of rotatable bonds is 5. The Hall–Kier alpha value is -3.46. The van der Waals surface area contributed by atoms with Crippen molar-refractivity contribution in [3.8, 4) is 17.0 Å². The number of sulfonamides is 1. The van der Waals surface area contributed by atoms with Gasteiger partial charge in [-0.3, -0.25) is 4.31 Å². The van der Waals surface area contributed by atoms with Crippen LogP contribution in [0.5, 0.6) is 5.75 Å². The summed E-state index contributed by atoms with van der Waals surface area (Å²) in [5, 5.41) is 10.9. The summed E-state index contributed by atoms with van der Waals surface area (Å²) in [6, 6.07) is 11.4. The van der Waals surface area contributed by atoms with E-state index in [1.165, 1.54) is 16.3 Å². The number of ether oxygens (including phenoxy) is 1. The van der Waals surface area contributed by atoms with Crippen LogP contribution in [0.3, 0.4) is 0 Å². The fourth-order valence-electron chi connectivity index (χ4n) is 7.46. The van der Waals surface area contributed by atoms with Gasteiger partial charge in [-0.25, -0.2) is 13.2 Å². The first kappa shape index (κ1) is 25.5. The molecule has 40 heavy (non-hydrogen) atoms. The zero-order valence-corrected chi connectivity index (χ0v) is 23.8. The van der Waals surface area contributed by atoms with Crippen molar-refractivity contribution in [2.24, 2.45) is 0 Å². The average molecular weight is 562 g/mol. The topological polar surface area (TPSA) is 92.1 Å². The predicted molar refractivity (Wildman–Crippen MR) is 154 cm³/mol. The first-order valence-electron chi connectivity index (χ1n) is 14.2. The molecule has 3 aromatic rings. The minimum absolute atomic E-state index is 0.174. The van der Waals surface area contributed by atoms with Gasteiger partial charge in [0.05, 0.1) is 24.9 Å². The molecule has 0 spiro atoms. The van der Waals surface area contributed by atoms with Crippen LogP contribution in [0.15, 0.2) is 48.8 Å². The molecule has 0 amide bonds. The van der Waals surface area contributed by atoms with Crippen LogP contribution in [-0.2, 0) is 16.6 Å². The number of carboxylic acids is 1. The molecule has 9 heteroatoms. The second-order valence-electron chi connectivity index (χ2n) is 11.9. The summed E-state index contributed by atoms with van der Waals surface area (Å²) in [5.74, 6) is -0.0915. The third kappa shape index (κ3) is 3.62. The second-order valence-corrected chi connectivity index (χ2v) is 14.1. The number of carbonyl (C=O) groups is 1. The van der Waals surface area contributed by atoms with E-state index in [-0.39, 0.29) is 11.5 Å². The van der Waals surface area contributed by atoms with Gasteiger partial charge in [-0.15, -0.1) is 0 Å². The third-order valence-corrected chi connectivity index (χ3v) is 12.2. The van der Waals surface area contributed by atoms with Gasteiger partial charge >= 0.3 is 5.97 Å². The van der Waals surface area contributed by atoms with Gasteiger partial charge in [-0.2, -0.15) is 0 Å². The molecule has 1 N–H and O–H groups in total. The molecule has 0 radical (unpaired) electrons. The van der Waals surface area contributed by atoms with Gasteiger partial charge in [0.15, 0.2) is 0 Å². The lowest BCUT2D eigenvalue weighted by Crippen LogP contribution is -2.44. The van der Waals surface area contributed by atoms with Crippen molar-refractivity contribution in [1.29, 1.82) is 0 Å². The number of hydrogen-bond acceptors (Lipinski definition) is 5. The molecule has 2 aliphatic heterocycles. The van der Waals surface area contributed by atoms with Gasteiger partial charge in [0.25, 0.3) is 0 Å². The quantitative estimate of drug-likeness (QED) is 0.452. The first-order chi connectivity index (χ1) is 19.2. The smallest absolute Gasteiger partial charge is 0.335 e. The second kappa shape index (κ2) is 9.03. The Morgan fingerprint density at radius 1 is 1.05 bits per heavy atom. The summed E-state index contributed by atoms with van der Waals surface area (Å²) in [7, 11) is -0.148. The molecule has 2 fully saturated rings. The van der Waals surface area contributed by atoms with E-state index in [1.807, 2.05) is 36.3 Å². The molecule has 0 saturated heterocycles. The van der Waals surface area contributed by atoms with Crippen molar-refractivity contribution in [2.75, 3.05) is 27.2 Å². The lowest BCUT2D eigenvalue weighted by molar-refractivity contribution is 0.0697. The van der Waals surface area contributed by atoms with E-state index in [9.17, 15) is 18.3 Å². The minimum atomic E-state index is -3.73. The molecule has 1 aromatic heterocycles. The highest BCUT2D eigenvalue weighted by molar-refractivity contribution is 7.91. The maximum atomic E-state index is 14.5. The summed E-state index contributed by atoms with van der Waals surface area (Å²) in [6.07, 6.45) is 9.74. The van der Waals surface area contributed by atoms with E-state index in [4.69, 9.17) is 4.74 Å². The standard InChI is InChI=1S/C31H35N3O5S/c1-32-12-14-33(15-13-32)40(37,38)31-18-26(31)25-17-22(39-2)9-11-23(25)29-28(20-6-4-3-5-7-20)24-10-8-21(30(35)36)16-27(24)34(29)19-31/h8-12,14,16-17,20,26H,3-7,13,15,18-19H2,1-2H3,(H,35,36). The Bertz CT molecular complexity index is 1670. The number of aromatic nitrogens is 1. The molecule has 7 rings (SSSR count). The molecule has 4 aliphatic rings. The number of likely N-dealkylation sites (N-methyl/N-ethyl adjacent to an activating group) is 1. The van der Waals surface area contributed by atoms with E-state index in [1.54, 1.807) is 25.4 Å². The van der Waals surface area contributed by atoms with Crippen LogP contribution in [0.1, 0.15) is 71.8 Å². The van der Waals surface area contributed by atoms with Crippen LogP contribution >= 0.6 is 0 Å². The predicted octanol–water partition coefficient (Wildman–Crippen LogP) is 5.35. The molecule has 2 aromatic carbocycles. The molecule has 0 bridgehead atoms. The van der Waals surface area contributed by atoms with Gasteiger partial charge in [0, 0.05) is 54.9 Å². The first-order valence-corrected chi connectivity index (χ1v) is 15.7. The molecule has 2 atom stereocenters. The SMILES string of the molecule is COc1ccc2c(c1)C1CC1(S(=O)(=O)N1C=CN(C)CC1)Cn1c-2c(C2CCCCC2)c2ccc(C(=O)O)cc21. The number of hydrogen-bond donors (Lipinski definition) is 1. The third-order valence-electron chi connectivity index (χ3n) is 9.69.